The van der Waals surface area contributed by atoms with Gasteiger partial charge in [-0.1, -0.05) is 12.1 Å². The van der Waals surface area contributed by atoms with Crippen LogP contribution in [-0.4, -0.2) is 25.3 Å². The van der Waals surface area contributed by atoms with Crippen LogP contribution in [0, 0.1) is 10.1 Å². The molecule has 0 heterocycles. The first-order valence-electron chi connectivity index (χ1n) is 8.19. The van der Waals surface area contributed by atoms with Crippen molar-refractivity contribution in [3.8, 4) is 0 Å². The molecule has 0 aliphatic heterocycles. The highest BCUT2D eigenvalue weighted by Crippen LogP contribution is 2.31. The molecule has 0 saturated heterocycles. The zero-order chi connectivity index (χ0) is 19.6. The number of anilines is 1. The number of nitro groups is 1. The van der Waals surface area contributed by atoms with Crippen molar-refractivity contribution in [3.05, 3.63) is 63.7 Å². The number of nitrogens with zero attached hydrogens (tertiary/aromatic N) is 1. The summed E-state index contributed by atoms with van der Waals surface area (Å²) in [5.74, 6) is -0.503. The molecule has 0 spiro atoms. The Bertz CT molecular complexity index is 1000. The minimum Gasteiger partial charge on any atom is -0.377 e. The third-order valence-corrected chi connectivity index (χ3v) is 4.98. The number of hydrogen-bond donors (Lipinski definition) is 3. The van der Waals surface area contributed by atoms with Gasteiger partial charge in [-0.3, -0.25) is 14.9 Å². The minimum absolute atomic E-state index is 0.0536. The molecule has 1 aliphatic rings. The Morgan fingerprint density at radius 1 is 1.22 bits per heavy atom. The molecule has 0 unspecified atom stereocenters. The Morgan fingerprint density at radius 2 is 1.96 bits per heavy atom. The second-order valence-electron chi connectivity index (χ2n) is 6.28. The first-order valence-corrected chi connectivity index (χ1v) is 9.73. The summed E-state index contributed by atoms with van der Waals surface area (Å²) in [6, 6.07) is 10.4. The first-order chi connectivity index (χ1) is 12.7. The molecule has 0 bridgehead atoms. The van der Waals surface area contributed by atoms with Gasteiger partial charge in [0, 0.05) is 24.2 Å². The van der Waals surface area contributed by atoms with Crippen molar-refractivity contribution in [1.82, 2.24) is 5.32 Å². The van der Waals surface area contributed by atoms with Crippen molar-refractivity contribution in [2.75, 3.05) is 5.32 Å². The van der Waals surface area contributed by atoms with Gasteiger partial charge in [-0.05, 0) is 42.7 Å². The lowest BCUT2D eigenvalue weighted by Crippen LogP contribution is -2.23. The van der Waals surface area contributed by atoms with Crippen molar-refractivity contribution in [3.63, 3.8) is 0 Å². The minimum atomic E-state index is -3.84. The third-order valence-electron chi connectivity index (χ3n) is 4.07. The number of amides is 1. The number of nitrogens with one attached hydrogen (secondary N) is 2. The van der Waals surface area contributed by atoms with Crippen molar-refractivity contribution >= 4 is 27.3 Å². The van der Waals surface area contributed by atoms with Crippen molar-refractivity contribution in [2.45, 2.75) is 30.3 Å². The highest BCUT2D eigenvalue weighted by Gasteiger charge is 2.25. The number of carbonyl (C=O) groups excluding carboxylic acids is 1. The van der Waals surface area contributed by atoms with E-state index in [1.165, 1.54) is 36.4 Å². The molecule has 2 aromatic carbocycles. The highest BCUT2D eigenvalue weighted by atomic mass is 32.2. The van der Waals surface area contributed by atoms with E-state index in [0.29, 0.717) is 11.3 Å². The zero-order valence-corrected chi connectivity index (χ0v) is 15.0. The lowest BCUT2D eigenvalue weighted by atomic mass is 10.1. The van der Waals surface area contributed by atoms with Crippen LogP contribution in [0.3, 0.4) is 0 Å². The van der Waals surface area contributed by atoms with Gasteiger partial charge in [-0.15, -0.1) is 0 Å². The summed E-state index contributed by atoms with van der Waals surface area (Å²) in [7, 11) is -3.84. The molecular formula is C17H18N4O5S. The molecule has 0 aromatic heterocycles. The largest absolute Gasteiger partial charge is 0.377 e. The molecule has 1 fully saturated rings. The highest BCUT2D eigenvalue weighted by molar-refractivity contribution is 7.89. The maximum atomic E-state index is 12.3. The van der Waals surface area contributed by atoms with E-state index >= 15 is 0 Å². The Kier molecular flexibility index (Phi) is 5.10. The molecule has 1 amide bonds. The van der Waals surface area contributed by atoms with E-state index in [4.69, 9.17) is 5.14 Å². The zero-order valence-electron chi connectivity index (χ0n) is 14.2. The fraction of sp³-hybridized carbons (Fsp3) is 0.235. The number of sulfonamides is 1. The molecule has 3 rings (SSSR count). The van der Waals surface area contributed by atoms with Gasteiger partial charge in [-0.2, -0.15) is 0 Å². The van der Waals surface area contributed by atoms with Crippen molar-refractivity contribution in [2.24, 2.45) is 5.14 Å². The van der Waals surface area contributed by atoms with Gasteiger partial charge in [0.2, 0.25) is 10.0 Å². The predicted molar refractivity (Wildman–Crippen MR) is 98.7 cm³/mol. The first kappa shape index (κ1) is 18.8. The maximum Gasteiger partial charge on any atom is 0.293 e. The average molecular weight is 390 g/mol. The summed E-state index contributed by atoms with van der Waals surface area (Å²) in [6.45, 7) is 0.0536. The normalized spacial score (nSPS) is 13.8. The molecule has 0 atom stereocenters. The van der Waals surface area contributed by atoms with Gasteiger partial charge in [0.15, 0.2) is 0 Å². The van der Waals surface area contributed by atoms with Crippen LogP contribution in [0.1, 0.15) is 28.8 Å². The number of nitro benzene ring substituents is 1. The SMILES string of the molecule is NS(=O)(=O)c1cccc(CNC(=O)c2ccc(NC3CC3)c([N+](=O)[O-])c2)c1. The van der Waals surface area contributed by atoms with Gasteiger partial charge < -0.3 is 10.6 Å². The van der Waals surface area contributed by atoms with E-state index in [1.807, 2.05) is 0 Å². The smallest absolute Gasteiger partial charge is 0.293 e. The lowest BCUT2D eigenvalue weighted by molar-refractivity contribution is -0.384. The third kappa shape index (κ3) is 4.80. The van der Waals surface area contributed by atoms with Crippen LogP contribution in [-0.2, 0) is 16.6 Å². The number of primary sulfonamides is 1. The summed E-state index contributed by atoms with van der Waals surface area (Å²) < 4.78 is 22.8. The van der Waals surface area contributed by atoms with E-state index in [-0.39, 0.29) is 28.7 Å². The topological polar surface area (TPSA) is 144 Å². The fourth-order valence-electron chi connectivity index (χ4n) is 2.51. The molecule has 9 nitrogen and oxygen atoms in total. The summed E-state index contributed by atoms with van der Waals surface area (Å²) in [5.41, 5.74) is 0.910. The van der Waals surface area contributed by atoms with Gasteiger partial charge in [0.05, 0.1) is 9.82 Å². The Hall–Kier alpha value is -2.98. The van der Waals surface area contributed by atoms with E-state index in [9.17, 15) is 23.3 Å². The molecule has 142 valence electrons. The van der Waals surface area contributed by atoms with Crippen LogP contribution >= 0.6 is 0 Å². The number of carbonyl (C=O) groups is 1. The van der Waals surface area contributed by atoms with Crippen molar-refractivity contribution in [1.29, 1.82) is 0 Å². The monoisotopic (exact) mass is 390 g/mol. The van der Waals surface area contributed by atoms with Crippen LogP contribution in [0.5, 0.6) is 0 Å². The van der Waals surface area contributed by atoms with Crippen LogP contribution in [0.25, 0.3) is 0 Å². The number of hydrogen-bond acceptors (Lipinski definition) is 6. The summed E-state index contributed by atoms with van der Waals surface area (Å²) in [4.78, 5) is 23.0. The lowest BCUT2D eigenvalue weighted by Gasteiger charge is -2.09. The molecule has 10 heteroatoms. The van der Waals surface area contributed by atoms with E-state index in [1.54, 1.807) is 6.07 Å². The fourth-order valence-corrected chi connectivity index (χ4v) is 3.09. The predicted octanol–water partition coefficient (Wildman–Crippen LogP) is 1.75. The Balaban J connectivity index is 1.72. The summed E-state index contributed by atoms with van der Waals surface area (Å²) in [6.07, 6.45) is 1.94. The molecular weight excluding hydrogens is 372 g/mol. The second kappa shape index (κ2) is 7.33. The van der Waals surface area contributed by atoms with E-state index in [0.717, 1.165) is 12.8 Å². The molecule has 1 aliphatic carbocycles. The molecule has 27 heavy (non-hydrogen) atoms. The number of nitrogens with two attached hydrogens (primary N) is 1. The van der Waals surface area contributed by atoms with Gasteiger partial charge in [0.1, 0.15) is 5.69 Å². The van der Waals surface area contributed by atoms with Crippen LogP contribution < -0.4 is 15.8 Å². The molecule has 0 radical (unpaired) electrons. The molecule has 2 aromatic rings. The van der Waals surface area contributed by atoms with Gasteiger partial charge in [-0.25, -0.2) is 13.6 Å². The van der Waals surface area contributed by atoms with Crippen LogP contribution in [0.4, 0.5) is 11.4 Å². The average Bonchev–Trinajstić information content (AvgIpc) is 3.43. The Morgan fingerprint density at radius 3 is 2.59 bits per heavy atom. The van der Waals surface area contributed by atoms with E-state index < -0.39 is 20.9 Å². The molecule has 1 saturated carbocycles. The van der Waals surface area contributed by atoms with Crippen molar-refractivity contribution < 1.29 is 18.1 Å². The maximum absolute atomic E-state index is 12.3. The van der Waals surface area contributed by atoms with Crippen LogP contribution in [0.15, 0.2) is 47.4 Å². The standard InChI is InChI=1S/C17H18N4O5S/c18-27(25,26)14-3-1-2-11(8-14)10-19-17(22)12-4-7-15(20-13-5-6-13)16(9-12)21(23)24/h1-4,7-9,13,20H,5-6,10H2,(H,19,22)(H2,18,25,26). The van der Waals surface area contributed by atoms with Gasteiger partial charge in [0.25, 0.3) is 11.6 Å². The summed E-state index contributed by atoms with van der Waals surface area (Å²) >= 11 is 0. The van der Waals surface area contributed by atoms with Gasteiger partial charge >= 0.3 is 0 Å². The second-order valence-corrected chi connectivity index (χ2v) is 7.84. The quantitative estimate of drug-likeness (QED) is 0.485. The Labute approximate surface area is 155 Å². The van der Waals surface area contributed by atoms with E-state index in [2.05, 4.69) is 10.6 Å². The molecule has 4 N–H and O–H groups in total. The number of rotatable bonds is 7. The number of benzene rings is 2. The van der Waals surface area contributed by atoms with Crippen LogP contribution in [0.2, 0.25) is 0 Å². The summed E-state index contributed by atoms with van der Waals surface area (Å²) in [5, 5.41) is 22.0.